The largest absolute Gasteiger partial charge is 0.244 e. The van der Waals surface area contributed by atoms with E-state index in [1.165, 1.54) is 11.1 Å². The van der Waals surface area contributed by atoms with Crippen LogP contribution in [-0.4, -0.2) is 9.97 Å². The van der Waals surface area contributed by atoms with E-state index in [4.69, 9.17) is 9.97 Å². The van der Waals surface area contributed by atoms with E-state index < -0.39 is 0 Å². The first-order chi connectivity index (χ1) is 8.78. The molecule has 1 aromatic heterocycles. The van der Waals surface area contributed by atoms with Crippen molar-refractivity contribution in [1.82, 2.24) is 9.97 Å². The summed E-state index contributed by atoms with van der Waals surface area (Å²) in [5.74, 6) is 0. The van der Waals surface area contributed by atoms with Crippen LogP contribution in [0.25, 0.3) is 22.1 Å². The van der Waals surface area contributed by atoms with E-state index in [0.29, 0.717) is 0 Å². The highest BCUT2D eigenvalue weighted by Crippen LogP contribution is 2.20. The summed E-state index contributed by atoms with van der Waals surface area (Å²) in [4.78, 5) is 9.43. The lowest BCUT2D eigenvalue weighted by molar-refractivity contribution is 0.923. The molecule has 0 amide bonds. The van der Waals surface area contributed by atoms with Crippen LogP contribution in [0.4, 0.5) is 0 Å². The van der Waals surface area contributed by atoms with Gasteiger partial charge in [-0.1, -0.05) is 31.5 Å². The third kappa shape index (κ3) is 1.84. The van der Waals surface area contributed by atoms with Crippen molar-refractivity contribution in [3.05, 3.63) is 47.5 Å². The predicted octanol–water partition coefficient (Wildman–Crippen LogP) is 4.04. The molecule has 0 radical (unpaired) electrons. The Bertz CT molecular complexity index is 717. The molecule has 1 heterocycles. The molecule has 18 heavy (non-hydrogen) atoms. The average Bonchev–Trinajstić information content (AvgIpc) is 2.38. The van der Waals surface area contributed by atoms with Gasteiger partial charge < -0.3 is 0 Å². The summed E-state index contributed by atoms with van der Waals surface area (Å²) in [6, 6.07) is 12.5. The van der Waals surface area contributed by atoms with Crippen LogP contribution >= 0.6 is 0 Å². The second-order valence-electron chi connectivity index (χ2n) is 4.74. The normalized spacial score (nSPS) is 11.2. The quantitative estimate of drug-likeness (QED) is 0.627. The Labute approximate surface area is 107 Å². The summed E-state index contributed by atoms with van der Waals surface area (Å²) in [6.45, 7) is 4.27. The first-order valence-corrected chi connectivity index (χ1v) is 6.44. The van der Waals surface area contributed by atoms with Gasteiger partial charge in [-0.2, -0.15) is 0 Å². The van der Waals surface area contributed by atoms with Crippen molar-refractivity contribution in [2.45, 2.75) is 26.7 Å². The molecule has 0 aliphatic rings. The Hall–Kier alpha value is -1.96. The van der Waals surface area contributed by atoms with Gasteiger partial charge in [-0.3, -0.25) is 0 Å². The van der Waals surface area contributed by atoms with Crippen LogP contribution in [0.1, 0.15) is 24.5 Å². The molecule has 2 nitrogen and oxygen atoms in total. The third-order valence-corrected chi connectivity index (χ3v) is 3.27. The van der Waals surface area contributed by atoms with Crippen LogP contribution < -0.4 is 0 Å². The van der Waals surface area contributed by atoms with Gasteiger partial charge in [0.25, 0.3) is 0 Å². The van der Waals surface area contributed by atoms with Gasteiger partial charge in [-0.25, -0.2) is 9.97 Å². The lowest BCUT2D eigenvalue weighted by atomic mass is 10.1. The number of nitrogens with zero attached hydrogens (tertiary/aromatic N) is 2. The summed E-state index contributed by atoms with van der Waals surface area (Å²) in [6.07, 6.45) is 2.26. The molecular formula is C16H16N2. The number of hydrogen-bond donors (Lipinski definition) is 0. The number of para-hydroxylation sites is 1. The molecule has 0 saturated carbocycles. The second-order valence-corrected chi connectivity index (χ2v) is 4.74. The minimum absolute atomic E-state index is 0.983. The minimum Gasteiger partial charge on any atom is -0.244 e. The van der Waals surface area contributed by atoms with E-state index in [0.717, 1.165) is 34.9 Å². The van der Waals surface area contributed by atoms with Crippen molar-refractivity contribution in [2.24, 2.45) is 0 Å². The van der Waals surface area contributed by atoms with E-state index in [9.17, 15) is 0 Å². The topological polar surface area (TPSA) is 25.8 Å². The van der Waals surface area contributed by atoms with E-state index in [1.807, 2.05) is 12.1 Å². The maximum Gasteiger partial charge on any atom is 0.0923 e. The van der Waals surface area contributed by atoms with Crippen molar-refractivity contribution in [3.8, 4) is 0 Å². The van der Waals surface area contributed by atoms with E-state index in [1.54, 1.807) is 0 Å². The molecule has 0 saturated heterocycles. The zero-order valence-electron chi connectivity index (χ0n) is 10.8. The number of fused-ring (bicyclic) bond motifs is 2. The zero-order valence-corrected chi connectivity index (χ0v) is 10.8. The van der Waals surface area contributed by atoms with E-state index in [2.05, 4.69) is 38.1 Å². The fraction of sp³-hybridized carbons (Fsp3) is 0.250. The van der Waals surface area contributed by atoms with E-state index in [-0.39, 0.29) is 0 Å². The van der Waals surface area contributed by atoms with Crippen LogP contribution in [0, 0.1) is 6.92 Å². The predicted molar refractivity (Wildman–Crippen MR) is 75.8 cm³/mol. The second kappa shape index (κ2) is 4.37. The SMILES string of the molecule is CCCc1ccc2nc3c(C)cccc3nc2c1. The van der Waals surface area contributed by atoms with Gasteiger partial charge in [0.1, 0.15) is 0 Å². The maximum absolute atomic E-state index is 4.72. The monoisotopic (exact) mass is 236 g/mol. The van der Waals surface area contributed by atoms with Crippen molar-refractivity contribution in [2.75, 3.05) is 0 Å². The van der Waals surface area contributed by atoms with Crippen molar-refractivity contribution in [1.29, 1.82) is 0 Å². The number of rotatable bonds is 2. The Morgan fingerprint density at radius 2 is 1.83 bits per heavy atom. The summed E-state index contributed by atoms with van der Waals surface area (Å²) in [5.41, 5.74) is 6.49. The Morgan fingerprint density at radius 3 is 2.67 bits per heavy atom. The summed E-state index contributed by atoms with van der Waals surface area (Å²) in [7, 11) is 0. The molecule has 0 aliphatic heterocycles. The molecule has 2 aromatic carbocycles. The average molecular weight is 236 g/mol. The van der Waals surface area contributed by atoms with Gasteiger partial charge in [0.05, 0.1) is 22.1 Å². The van der Waals surface area contributed by atoms with Crippen LogP contribution in [0.3, 0.4) is 0 Å². The number of aryl methyl sites for hydroxylation is 2. The van der Waals surface area contributed by atoms with Gasteiger partial charge in [-0.15, -0.1) is 0 Å². The molecular weight excluding hydrogens is 220 g/mol. The maximum atomic E-state index is 4.72. The van der Waals surface area contributed by atoms with Crippen molar-refractivity contribution in [3.63, 3.8) is 0 Å². The van der Waals surface area contributed by atoms with Gasteiger partial charge in [-0.05, 0) is 42.7 Å². The molecule has 0 aliphatic carbocycles. The molecule has 0 atom stereocenters. The molecule has 90 valence electrons. The van der Waals surface area contributed by atoms with Gasteiger partial charge >= 0.3 is 0 Å². The van der Waals surface area contributed by atoms with Crippen LogP contribution in [0.15, 0.2) is 36.4 Å². The van der Waals surface area contributed by atoms with Gasteiger partial charge in [0, 0.05) is 0 Å². The smallest absolute Gasteiger partial charge is 0.0923 e. The Kier molecular flexibility index (Phi) is 2.71. The zero-order chi connectivity index (χ0) is 12.5. The van der Waals surface area contributed by atoms with Crippen molar-refractivity contribution >= 4 is 22.1 Å². The molecule has 0 bridgehead atoms. The number of aromatic nitrogens is 2. The molecule has 0 fully saturated rings. The third-order valence-electron chi connectivity index (χ3n) is 3.27. The fourth-order valence-corrected chi connectivity index (χ4v) is 2.33. The first-order valence-electron chi connectivity index (χ1n) is 6.44. The van der Waals surface area contributed by atoms with Crippen LogP contribution in [0.2, 0.25) is 0 Å². The highest BCUT2D eigenvalue weighted by atomic mass is 14.8. The summed E-state index contributed by atoms with van der Waals surface area (Å²) in [5, 5.41) is 0. The fourth-order valence-electron chi connectivity index (χ4n) is 2.33. The molecule has 0 N–H and O–H groups in total. The highest BCUT2D eigenvalue weighted by Gasteiger charge is 2.04. The van der Waals surface area contributed by atoms with Crippen LogP contribution in [-0.2, 0) is 6.42 Å². The Balaban J connectivity index is 2.28. The lowest BCUT2D eigenvalue weighted by Gasteiger charge is -2.05. The lowest BCUT2D eigenvalue weighted by Crippen LogP contribution is -1.91. The standard InChI is InChI=1S/C16H16N2/c1-3-5-12-8-9-13-15(10-12)17-14-7-4-6-11(2)16(14)18-13/h4,6-10H,3,5H2,1-2H3. The number of hydrogen-bond acceptors (Lipinski definition) is 2. The first kappa shape index (κ1) is 11.1. The van der Waals surface area contributed by atoms with Crippen molar-refractivity contribution < 1.29 is 0 Å². The van der Waals surface area contributed by atoms with Gasteiger partial charge in [0.2, 0.25) is 0 Å². The van der Waals surface area contributed by atoms with Gasteiger partial charge in [0.15, 0.2) is 0 Å². The summed E-state index contributed by atoms with van der Waals surface area (Å²) < 4.78 is 0. The minimum atomic E-state index is 0.983. The molecule has 2 heteroatoms. The highest BCUT2D eigenvalue weighted by molar-refractivity contribution is 5.88. The molecule has 3 rings (SSSR count). The molecule has 0 spiro atoms. The number of benzene rings is 2. The van der Waals surface area contributed by atoms with Crippen LogP contribution in [0.5, 0.6) is 0 Å². The van der Waals surface area contributed by atoms with E-state index >= 15 is 0 Å². The summed E-state index contributed by atoms with van der Waals surface area (Å²) >= 11 is 0. The molecule has 3 aromatic rings. The Morgan fingerprint density at radius 1 is 0.944 bits per heavy atom. The molecule has 0 unspecified atom stereocenters.